The van der Waals surface area contributed by atoms with Crippen LogP contribution in [-0.4, -0.2) is 34.2 Å². The van der Waals surface area contributed by atoms with E-state index in [0.29, 0.717) is 29.6 Å². The van der Waals surface area contributed by atoms with Crippen LogP contribution in [0.25, 0.3) is 11.1 Å². The highest BCUT2D eigenvalue weighted by atomic mass is 79.9. The normalized spacial score (nSPS) is 16.0. The maximum Gasteiger partial charge on any atom is 0.341 e. The van der Waals surface area contributed by atoms with Crippen molar-refractivity contribution in [1.82, 2.24) is 0 Å². The predicted molar refractivity (Wildman–Crippen MR) is 210 cm³/mol. The van der Waals surface area contributed by atoms with Crippen molar-refractivity contribution in [2.75, 3.05) is 38.0 Å². The Morgan fingerprint density at radius 1 is 0.604 bits per heavy atom. The van der Waals surface area contributed by atoms with E-state index in [9.17, 15) is 4.79 Å². The van der Waals surface area contributed by atoms with Crippen molar-refractivity contribution in [2.24, 2.45) is 0 Å². The maximum absolute atomic E-state index is 14.1. The molecule has 0 bridgehead atoms. The molecule has 5 aromatic rings. The van der Waals surface area contributed by atoms with Crippen molar-refractivity contribution < 1.29 is 9.53 Å². The van der Waals surface area contributed by atoms with Crippen molar-refractivity contribution in [3.63, 3.8) is 0 Å². The molecule has 0 unspecified atom stereocenters. The minimum Gasteiger partial charge on any atom is -0.442 e. The van der Waals surface area contributed by atoms with E-state index in [4.69, 9.17) is 16.3 Å². The van der Waals surface area contributed by atoms with Gasteiger partial charge in [0.1, 0.15) is 0 Å². The van der Waals surface area contributed by atoms with E-state index < -0.39 is 11.6 Å². The van der Waals surface area contributed by atoms with Crippen molar-refractivity contribution in [2.45, 2.75) is 5.60 Å². The number of cyclic esters (lactones) is 1. The number of anilines is 2. The molecule has 1 aliphatic heterocycles. The smallest absolute Gasteiger partial charge is 0.341 e. The summed E-state index contributed by atoms with van der Waals surface area (Å²) in [6.45, 7) is 0. The van der Waals surface area contributed by atoms with Crippen LogP contribution in [0.5, 0.6) is 0 Å². The van der Waals surface area contributed by atoms with Gasteiger partial charge in [-0.1, -0.05) is 96.5 Å². The third kappa shape index (κ3) is 6.53. The zero-order chi connectivity index (χ0) is 34.2. The highest BCUT2D eigenvalue weighted by Crippen LogP contribution is 2.53. The Labute approximate surface area is 312 Å². The summed E-state index contributed by atoms with van der Waals surface area (Å²) < 4.78 is 8.29. The van der Waals surface area contributed by atoms with Crippen LogP contribution < -0.4 is 9.80 Å². The first-order valence-electron chi connectivity index (χ1n) is 15.2. The molecule has 0 saturated heterocycles. The molecule has 0 fully saturated rings. The molecule has 0 amide bonds. The lowest BCUT2D eigenvalue weighted by atomic mass is 9.83. The lowest BCUT2D eigenvalue weighted by molar-refractivity contribution is 0.0298. The van der Waals surface area contributed by atoms with E-state index in [1.165, 1.54) is 0 Å². The number of hydrogen-bond acceptors (Lipinski definition) is 4. The van der Waals surface area contributed by atoms with E-state index in [-0.39, 0.29) is 0 Å². The number of halogens is 4. The summed E-state index contributed by atoms with van der Waals surface area (Å²) in [7, 11) is 8.08. The number of benzene rings is 5. The van der Waals surface area contributed by atoms with Gasteiger partial charge in [0.15, 0.2) is 5.60 Å². The lowest BCUT2D eigenvalue weighted by Gasteiger charge is -2.27. The van der Waals surface area contributed by atoms with Crippen LogP contribution in [0.4, 0.5) is 11.4 Å². The van der Waals surface area contributed by atoms with Crippen LogP contribution in [0.1, 0.15) is 38.2 Å². The van der Waals surface area contributed by atoms with Crippen LogP contribution in [0, 0.1) is 0 Å². The molecule has 0 aromatic heterocycles. The zero-order valence-corrected chi connectivity index (χ0v) is 32.3. The number of nitrogens with zero attached hydrogens (tertiary/aromatic N) is 2. The summed E-state index contributed by atoms with van der Waals surface area (Å²) in [6.07, 6.45) is 4.10. The number of carbonyl (C=O) groups is 1. The monoisotopic (exact) mass is 844 g/mol. The first kappa shape index (κ1) is 34.3. The van der Waals surface area contributed by atoms with Gasteiger partial charge in [-0.05, 0) is 118 Å². The van der Waals surface area contributed by atoms with Crippen molar-refractivity contribution in [1.29, 1.82) is 0 Å². The Bertz CT molecular complexity index is 1940. The molecule has 4 nitrogen and oxygen atoms in total. The number of fused-ring (bicyclic) bond motifs is 1. The van der Waals surface area contributed by atoms with Crippen molar-refractivity contribution in [3.05, 3.63) is 173 Å². The number of esters is 1. The van der Waals surface area contributed by atoms with E-state index in [0.717, 1.165) is 44.8 Å². The molecule has 242 valence electrons. The Morgan fingerprint density at radius 3 is 1.40 bits per heavy atom. The van der Waals surface area contributed by atoms with Crippen LogP contribution in [-0.2, 0) is 10.3 Å². The quantitative estimate of drug-likeness (QED) is 0.0885. The Balaban J connectivity index is 1.73. The molecule has 0 radical (unpaired) electrons. The van der Waals surface area contributed by atoms with Gasteiger partial charge in [0.25, 0.3) is 0 Å². The fourth-order valence-electron chi connectivity index (χ4n) is 5.90. The zero-order valence-electron chi connectivity index (χ0n) is 26.8. The van der Waals surface area contributed by atoms with Gasteiger partial charge in [-0.2, -0.15) is 0 Å². The summed E-state index contributed by atoms with van der Waals surface area (Å²) in [5, 5.41) is 0.429. The van der Waals surface area contributed by atoms with Gasteiger partial charge in [0.05, 0.1) is 15.1 Å². The molecule has 0 aliphatic carbocycles. The highest BCUT2D eigenvalue weighted by molar-refractivity contribution is 9.13. The van der Waals surface area contributed by atoms with Crippen LogP contribution in [0.15, 0.2) is 135 Å². The Hall–Kier alpha value is -3.62. The SMILES string of the molecule is CN(C)c1ccc(/C(=C/C2(/C=C(\c3ccccc3)c3ccc(N(C)C)cc3)OC(=O)c3c(Br)c(Br)c(Cl)c(Br)c32)c2ccccc2)cc1. The van der Waals surface area contributed by atoms with E-state index >= 15 is 0 Å². The molecule has 6 rings (SSSR count). The molecule has 0 saturated carbocycles. The fourth-order valence-corrected chi connectivity index (χ4v) is 8.13. The number of ether oxygens (including phenoxy) is 1. The van der Waals surface area contributed by atoms with Crippen LogP contribution in [0.2, 0.25) is 5.02 Å². The van der Waals surface area contributed by atoms with Gasteiger partial charge in [-0.25, -0.2) is 4.79 Å². The molecule has 0 atom stereocenters. The van der Waals surface area contributed by atoms with Crippen molar-refractivity contribution >= 4 is 87.9 Å². The van der Waals surface area contributed by atoms with Crippen molar-refractivity contribution in [3.8, 4) is 0 Å². The third-order valence-electron chi connectivity index (χ3n) is 8.40. The second-order valence-electron chi connectivity index (χ2n) is 11.9. The molecular weight excluding hydrogens is 816 g/mol. The molecule has 5 aromatic carbocycles. The molecule has 1 aliphatic rings. The van der Waals surface area contributed by atoms with Gasteiger partial charge >= 0.3 is 5.97 Å². The third-order valence-corrected chi connectivity index (χ3v) is 12.1. The first-order valence-corrected chi connectivity index (χ1v) is 18.0. The molecule has 8 heteroatoms. The Morgan fingerprint density at radius 2 is 1.00 bits per heavy atom. The summed E-state index contributed by atoms with van der Waals surface area (Å²) in [6, 6.07) is 37.0. The molecule has 48 heavy (non-hydrogen) atoms. The molecule has 0 spiro atoms. The van der Waals surface area contributed by atoms with Gasteiger partial charge in [0.2, 0.25) is 0 Å². The molecule has 0 N–H and O–H groups in total. The minimum atomic E-state index is -1.38. The van der Waals surface area contributed by atoms with Crippen LogP contribution in [0.3, 0.4) is 0 Å². The number of rotatable bonds is 8. The van der Waals surface area contributed by atoms with E-state index in [1.54, 1.807) is 0 Å². The molecular formula is C40H32Br3ClN2O2. The highest BCUT2D eigenvalue weighted by Gasteiger charge is 2.48. The standard InChI is InChI=1S/C40H32Br3ClN2O2/c1-45(2)29-19-15-27(16-20-29)31(25-11-7-5-8-12-25)23-40(34-33(39(47)48-40)35(41)37(43)38(44)36(34)42)24-32(26-13-9-6-10-14-26)28-17-21-30(22-18-28)46(3)4/h5-24H,1-4H3/b31-23+,32-24+. The second kappa shape index (κ2) is 14.1. The van der Waals surface area contributed by atoms with Crippen LogP contribution >= 0.6 is 59.4 Å². The summed E-state index contributed by atoms with van der Waals surface area (Å²) >= 11 is 18.0. The number of hydrogen-bond donors (Lipinski definition) is 0. The second-order valence-corrected chi connectivity index (χ2v) is 14.7. The van der Waals surface area contributed by atoms with Gasteiger partial charge in [-0.3, -0.25) is 0 Å². The average Bonchev–Trinajstić information content (AvgIpc) is 3.39. The lowest BCUT2D eigenvalue weighted by Crippen LogP contribution is -2.23. The average molecular weight is 848 g/mol. The summed E-state index contributed by atoms with van der Waals surface area (Å²) in [5.74, 6) is -0.465. The van der Waals surface area contributed by atoms with Gasteiger partial charge in [-0.15, -0.1) is 0 Å². The predicted octanol–water partition coefficient (Wildman–Crippen LogP) is 11.4. The van der Waals surface area contributed by atoms with Gasteiger partial charge in [0, 0.05) is 54.1 Å². The van der Waals surface area contributed by atoms with E-state index in [1.807, 2.05) is 64.6 Å². The largest absolute Gasteiger partial charge is 0.442 e. The minimum absolute atomic E-state index is 0.399. The summed E-state index contributed by atoms with van der Waals surface area (Å²) in [5.41, 5.74) is 7.48. The molecule has 1 heterocycles. The first-order chi connectivity index (χ1) is 23.0. The topological polar surface area (TPSA) is 32.8 Å². The van der Waals surface area contributed by atoms with Gasteiger partial charge < -0.3 is 14.5 Å². The van der Waals surface area contributed by atoms with E-state index in [2.05, 4.69) is 143 Å². The summed E-state index contributed by atoms with van der Waals surface area (Å²) in [4.78, 5) is 18.2. The Kier molecular flexibility index (Phi) is 10.0. The maximum atomic E-state index is 14.1. The number of carbonyl (C=O) groups excluding carboxylic acids is 1. The fraction of sp³-hybridized carbons (Fsp3) is 0.125.